The van der Waals surface area contributed by atoms with E-state index < -0.39 is 16.1 Å². The van der Waals surface area contributed by atoms with Gasteiger partial charge in [0.1, 0.15) is 0 Å². The van der Waals surface area contributed by atoms with Crippen LogP contribution in [0.3, 0.4) is 0 Å². The van der Waals surface area contributed by atoms with Crippen molar-refractivity contribution in [3.8, 4) is 0 Å². The number of carbonyl (C=O) groups is 1. The van der Waals surface area contributed by atoms with Gasteiger partial charge >= 0.3 is 0 Å². The van der Waals surface area contributed by atoms with Gasteiger partial charge in [-0.15, -0.1) is 0 Å². The van der Waals surface area contributed by atoms with E-state index in [-0.39, 0.29) is 10.8 Å². The predicted octanol–water partition coefficient (Wildman–Crippen LogP) is 2.37. The second-order valence-electron chi connectivity index (χ2n) is 6.78. The molecule has 6 nitrogen and oxygen atoms in total. The van der Waals surface area contributed by atoms with Crippen molar-refractivity contribution in [2.24, 2.45) is 5.73 Å². The first kappa shape index (κ1) is 19.5. The van der Waals surface area contributed by atoms with Gasteiger partial charge < -0.3 is 11.1 Å². The van der Waals surface area contributed by atoms with Gasteiger partial charge in [-0.1, -0.05) is 42.8 Å². The Hall–Kier alpha value is -2.22. The molecule has 27 heavy (non-hydrogen) atoms. The largest absolute Gasteiger partial charge is 0.325 e. The normalized spacial score (nSPS) is 16.6. The Kier molecular flexibility index (Phi) is 6.26. The van der Waals surface area contributed by atoms with Gasteiger partial charge in [-0.25, -0.2) is 8.42 Å². The number of sulfonamides is 1. The van der Waals surface area contributed by atoms with Crippen molar-refractivity contribution in [2.45, 2.75) is 36.6 Å². The van der Waals surface area contributed by atoms with Crippen LogP contribution < -0.4 is 11.1 Å². The average Bonchev–Trinajstić information content (AvgIpc) is 2.69. The maximum atomic E-state index is 12.8. The minimum absolute atomic E-state index is 0.193. The standard InChI is InChI=1S/C20H25N3O3S/c21-19(14-16-8-3-1-4-9-16)20(24)22-17-10-7-11-18(15-17)27(25,26)23-12-5-2-6-13-23/h1,3-4,7-11,15,19H,2,5-6,12-14,21H2,(H,22,24)/t19-/m0/s1. The van der Waals surface area contributed by atoms with Crippen molar-refractivity contribution in [2.75, 3.05) is 18.4 Å². The highest BCUT2D eigenvalue weighted by Gasteiger charge is 2.26. The van der Waals surface area contributed by atoms with Crippen molar-refractivity contribution in [3.63, 3.8) is 0 Å². The summed E-state index contributed by atoms with van der Waals surface area (Å²) >= 11 is 0. The first-order valence-corrected chi connectivity index (χ1v) is 10.6. The number of anilines is 1. The lowest BCUT2D eigenvalue weighted by Crippen LogP contribution is -2.37. The quantitative estimate of drug-likeness (QED) is 0.796. The highest BCUT2D eigenvalue weighted by Crippen LogP contribution is 2.23. The van der Waals surface area contributed by atoms with E-state index in [4.69, 9.17) is 5.73 Å². The lowest BCUT2D eigenvalue weighted by atomic mass is 10.1. The van der Waals surface area contributed by atoms with E-state index in [1.54, 1.807) is 18.2 Å². The lowest BCUT2D eigenvalue weighted by molar-refractivity contribution is -0.117. The van der Waals surface area contributed by atoms with Crippen molar-refractivity contribution in [1.82, 2.24) is 4.31 Å². The zero-order valence-electron chi connectivity index (χ0n) is 15.2. The second kappa shape index (κ2) is 8.65. The fourth-order valence-electron chi connectivity index (χ4n) is 3.18. The van der Waals surface area contributed by atoms with Gasteiger partial charge in [0, 0.05) is 18.8 Å². The van der Waals surface area contributed by atoms with Gasteiger partial charge in [0.15, 0.2) is 0 Å². The van der Waals surface area contributed by atoms with Gasteiger partial charge in [-0.3, -0.25) is 4.79 Å². The molecule has 1 saturated heterocycles. The van der Waals surface area contributed by atoms with Crippen LogP contribution in [0.1, 0.15) is 24.8 Å². The molecule has 2 aromatic carbocycles. The molecular formula is C20H25N3O3S. The Morgan fingerprint density at radius 2 is 1.74 bits per heavy atom. The van der Waals surface area contributed by atoms with E-state index in [0.717, 1.165) is 24.8 Å². The number of carbonyl (C=O) groups excluding carboxylic acids is 1. The van der Waals surface area contributed by atoms with Crippen LogP contribution in [0, 0.1) is 0 Å². The second-order valence-corrected chi connectivity index (χ2v) is 8.72. The molecule has 0 saturated carbocycles. The van der Waals surface area contributed by atoms with Crippen LogP contribution in [0.4, 0.5) is 5.69 Å². The average molecular weight is 388 g/mol. The minimum Gasteiger partial charge on any atom is -0.325 e. The molecule has 0 aromatic heterocycles. The number of nitrogens with zero attached hydrogens (tertiary/aromatic N) is 1. The van der Waals surface area contributed by atoms with E-state index >= 15 is 0 Å². The zero-order chi connectivity index (χ0) is 19.3. The van der Waals surface area contributed by atoms with Gasteiger partial charge in [0.2, 0.25) is 15.9 Å². The Morgan fingerprint density at radius 1 is 1.04 bits per heavy atom. The van der Waals surface area contributed by atoms with Crippen LogP contribution in [0.25, 0.3) is 0 Å². The number of piperidine rings is 1. The summed E-state index contributed by atoms with van der Waals surface area (Å²) in [4.78, 5) is 12.6. The Bertz CT molecular complexity index is 878. The summed E-state index contributed by atoms with van der Waals surface area (Å²) in [5.74, 6) is -0.341. The van der Waals surface area contributed by atoms with Gasteiger partial charge in [-0.2, -0.15) is 4.31 Å². The summed E-state index contributed by atoms with van der Waals surface area (Å²) in [5.41, 5.74) is 7.41. The minimum atomic E-state index is -3.54. The molecule has 0 bridgehead atoms. The van der Waals surface area contributed by atoms with Crippen LogP contribution in [-0.2, 0) is 21.2 Å². The van der Waals surface area contributed by atoms with E-state index in [0.29, 0.717) is 25.2 Å². The first-order valence-electron chi connectivity index (χ1n) is 9.17. The molecule has 1 fully saturated rings. The van der Waals surface area contributed by atoms with Gasteiger partial charge in [0.05, 0.1) is 10.9 Å². The molecule has 7 heteroatoms. The Balaban J connectivity index is 1.69. The fraction of sp³-hybridized carbons (Fsp3) is 0.350. The van der Waals surface area contributed by atoms with E-state index in [9.17, 15) is 13.2 Å². The van der Waals surface area contributed by atoms with Crippen LogP contribution in [0.5, 0.6) is 0 Å². The van der Waals surface area contributed by atoms with Crippen molar-refractivity contribution in [3.05, 3.63) is 60.2 Å². The molecule has 1 heterocycles. The lowest BCUT2D eigenvalue weighted by Gasteiger charge is -2.26. The zero-order valence-corrected chi connectivity index (χ0v) is 16.0. The molecule has 144 valence electrons. The van der Waals surface area contributed by atoms with Crippen LogP contribution >= 0.6 is 0 Å². The molecule has 0 radical (unpaired) electrons. The highest BCUT2D eigenvalue weighted by molar-refractivity contribution is 7.89. The first-order chi connectivity index (χ1) is 13.0. The topological polar surface area (TPSA) is 92.5 Å². The smallest absolute Gasteiger partial charge is 0.243 e. The summed E-state index contributed by atoms with van der Waals surface area (Å²) in [6.07, 6.45) is 3.23. The SMILES string of the molecule is N[C@@H](Cc1ccccc1)C(=O)Nc1cccc(S(=O)(=O)N2CCCCC2)c1. The number of benzene rings is 2. The van der Waals surface area contributed by atoms with Crippen molar-refractivity contribution >= 4 is 21.6 Å². The number of nitrogens with one attached hydrogen (secondary N) is 1. The molecule has 1 aliphatic rings. The van der Waals surface area contributed by atoms with Gasteiger partial charge in [-0.05, 0) is 43.0 Å². The monoisotopic (exact) mass is 387 g/mol. The van der Waals surface area contributed by atoms with E-state index in [1.807, 2.05) is 30.3 Å². The molecule has 0 unspecified atom stereocenters. The van der Waals surface area contributed by atoms with Crippen molar-refractivity contribution < 1.29 is 13.2 Å². The summed E-state index contributed by atoms with van der Waals surface area (Å²) in [6, 6.07) is 15.2. The molecular weight excluding hydrogens is 362 g/mol. The summed E-state index contributed by atoms with van der Waals surface area (Å²) in [6.45, 7) is 1.09. The maximum Gasteiger partial charge on any atom is 0.243 e. The molecule has 1 atom stereocenters. The molecule has 3 rings (SSSR count). The highest BCUT2D eigenvalue weighted by atomic mass is 32.2. The molecule has 1 amide bonds. The molecule has 2 aromatic rings. The summed E-state index contributed by atoms with van der Waals surface area (Å²) < 4.78 is 27.1. The van der Waals surface area contributed by atoms with E-state index in [2.05, 4.69) is 5.32 Å². The van der Waals surface area contributed by atoms with Gasteiger partial charge in [0.25, 0.3) is 0 Å². The third-order valence-electron chi connectivity index (χ3n) is 4.69. The number of amides is 1. The number of rotatable bonds is 6. The maximum absolute atomic E-state index is 12.8. The van der Waals surface area contributed by atoms with Crippen LogP contribution in [0.15, 0.2) is 59.5 Å². The summed E-state index contributed by atoms with van der Waals surface area (Å²) in [5, 5.41) is 2.73. The van der Waals surface area contributed by atoms with E-state index in [1.165, 1.54) is 10.4 Å². The molecule has 1 aliphatic heterocycles. The molecule has 3 N–H and O–H groups in total. The van der Waals surface area contributed by atoms with Crippen LogP contribution in [-0.4, -0.2) is 37.8 Å². The number of nitrogens with two attached hydrogens (primary N) is 1. The fourth-order valence-corrected chi connectivity index (χ4v) is 4.75. The third kappa shape index (κ3) is 4.94. The molecule has 0 aliphatic carbocycles. The molecule has 0 spiro atoms. The number of hydrogen-bond acceptors (Lipinski definition) is 4. The van der Waals surface area contributed by atoms with Crippen molar-refractivity contribution in [1.29, 1.82) is 0 Å². The number of hydrogen-bond donors (Lipinski definition) is 2. The predicted molar refractivity (Wildman–Crippen MR) is 106 cm³/mol. The van der Waals surface area contributed by atoms with Crippen LogP contribution in [0.2, 0.25) is 0 Å². The Labute approximate surface area is 160 Å². The summed E-state index contributed by atoms with van der Waals surface area (Å²) in [7, 11) is -3.54. The third-order valence-corrected chi connectivity index (χ3v) is 6.58. The Morgan fingerprint density at radius 3 is 2.44 bits per heavy atom.